The van der Waals surface area contributed by atoms with Crippen molar-refractivity contribution in [1.29, 1.82) is 0 Å². The average Bonchev–Trinajstić information content (AvgIpc) is 2.94. The fraction of sp³-hybridized carbons (Fsp3) is 0.594. The van der Waals surface area contributed by atoms with Gasteiger partial charge < -0.3 is 26.0 Å². The molecule has 1 aromatic heterocycles. The Balaban J connectivity index is 1.28. The number of amides is 1. The molecule has 0 spiro atoms. The van der Waals surface area contributed by atoms with Gasteiger partial charge >= 0.3 is 0 Å². The van der Waals surface area contributed by atoms with Crippen LogP contribution in [0.15, 0.2) is 41.5 Å². The normalized spacial score (nSPS) is 29.4. The van der Waals surface area contributed by atoms with Gasteiger partial charge in [0.1, 0.15) is 5.82 Å². The van der Waals surface area contributed by atoms with Crippen molar-refractivity contribution >= 4 is 40.9 Å². The van der Waals surface area contributed by atoms with E-state index in [9.17, 15) is 9.90 Å². The van der Waals surface area contributed by atoms with Crippen LogP contribution in [0.25, 0.3) is 0 Å². The molecular weight excluding hydrogens is 571 g/mol. The van der Waals surface area contributed by atoms with Crippen LogP contribution < -0.4 is 16.0 Å². The number of benzene rings is 1. The van der Waals surface area contributed by atoms with E-state index in [-0.39, 0.29) is 18.6 Å². The lowest BCUT2D eigenvalue weighted by Gasteiger charge is -2.61. The van der Waals surface area contributed by atoms with Crippen molar-refractivity contribution in [3.8, 4) is 0 Å². The predicted octanol–water partition coefficient (Wildman–Crippen LogP) is 5.24. The molecular formula is C32H44Cl2N6O2. The zero-order valence-electron chi connectivity index (χ0n) is 25.2. The number of fused-ring (bicyclic) bond motifs is 2. The van der Waals surface area contributed by atoms with Crippen LogP contribution in [0.5, 0.6) is 0 Å². The summed E-state index contributed by atoms with van der Waals surface area (Å²) in [5.74, 6) is 3.15. The van der Waals surface area contributed by atoms with Crippen molar-refractivity contribution in [1.82, 2.24) is 20.5 Å². The van der Waals surface area contributed by atoms with Gasteiger partial charge in [0.15, 0.2) is 5.96 Å². The zero-order valence-corrected chi connectivity index (χ0v) is 26.7. The second-order valence-electron chi connectivity index (χ2n) is 13.2. The maximum absolute atomic E-state index is 13.0. The van der Waals surface area contributed by atoms with E-state index in [2.05, 4.69) is 60.5 Å². The lowest BCUT2D eigenvalue weighted by Crippen LogP contribution is -2.59. The molecule has 2 heterocycles. The summed E-state index contributed by atoms with van der Waals surface area (Å²) in [7, 11) is 0. The molecule has 3 saturated carbocycles. The molecule has 1 amide bonds. The molecule has 4 aliphatic rings. The van der Waals surface area contributed by atoms with E-state index in [1.807, 2.05) is 6.07 Å². The molecule has 8 nitrogen and oxygen atoms in total. The minimum atomic E-state index is -0.502. The first-order valence-electron chi connectivity index (χ1n) is 15.1. The Kier molecular flexibility index (Phi) is 9.38. The Morgan fingerprint density at radius 3 is 2.50 bits per heavy atom. The first-order chi connectivity index (χ1) is 19.9. The van der Waals surface area contributed by atoms with Crippen LogP contribution in [0.3, 0.4) is 0 Å². The van der Waals surface area contributed by atoms with E-state index in [0.717, 1.165) is 37.0 Å². The number of halogens is 2. The highest BCUT2D eigenvalue weighted by Crippen LogP contribution is 2.61. The van der Waals surface area contributed by atoms with Crippen molar-refractivity contribution in [3.05, 3.63) is 57.7 Å². The number of aliphatic hydroxyl groups is 1. The number of hydrogen-bond acceptors (Lipinski definition) is 5. The van der Waals surface area contributed by atoms with E-state index in [4.69, 9.17) is 28.2 Å². The summed E-state index contributed by atoms with van der Waals surface area (Å²) in [5.41, 5.74) is 1.62. The maximum atomic E-state index is 13.0. The third kappa shape index (κ3) is 6.72. The van der Waals surface area contributed by atoms with E-state index in [1.54, 1.807) is 30.5 Å². The molecule has 1 aliphatic heterocycles. The number of aliphatic hydroxyl groups excluding tert-OH is 1. The van der Waals surface area contributed by atoms with E-state index in [0.29, 0.717) is 57.2 Å². The highest BCUT2D eigenvalue weighted by molar-refractivity contribution is 6.35. The number of piperazine rings is 1. The smallest absolute Gasteiger partial charge is 0.253 e. The second kappa shape index (κ2) is 12.7. The van der Waals surface area contributed by atoms with Gasteiger partial charge in [0.05, 0.1) is 24.3 Å². The molecule has 10 heteroatoms. The Bertz CT molecular complexity index is 1290. The number of carbonyl (C=O) groups is 1. The molecule has 42 heavy (non-hydrogen) atoms. The number of nitrogens with one attached hydrogen (secondary N) is 3. The SMILES string of the molecule is C[C@@H]1[C@@H](N=C(Nc2ccc(C(=O)N[C@H](CO)Cc3ccc(Cl)cc3Cl)cn2)N2C[C@@H](C)N[C@@H](C)C2)C[C@@H]2C[C@H]1C2(C)C. The van der Waals surface area contributed by atoms with Gasteiger partial charge in [-0.2, -0.15) is 0 Å². The molecule has 4 N–H and O–H groups in total. The predicted molar refractivity (Wildman–Crippen MR) is 170 cm³/mol. The number of nitrogens with zero attached hydrogens (tertiary/aromatic N) is 3. The van der Waals surface area contributed by atoms with Crippen molar-refractivity contribution in [2.75, 3.05) is 25.0 Å². The van der Waals surface area contributed by atoms with Crippen LogP contribution in [0.2, 0.25) is 10.0 Å². The Morgan fingerprint density at radius 1 is 1.17 bits per heavy atom. The van der Waals surface area contributed by atoms with Gasteiger partial charge in [-0.1, -0.05) is 50.0 Å². The molecule has 0 radical (unpaired) electrons. The topological polar surface area (TPSA) is 102 Å². The summed E-state index contributed by atoms with van der Waals surface area (Å²) >= 11 is 12.3. The standard InChI is InChI=1S/C32H44Cl2N6O2/c1-18-15-40(16-19(2)36-18)31(38-28-12-23-11-26(20(28)3)32(23,4)5)39-29-9-7-22(14-35-29)30(42)37-25(17-41)10-21-6-8-24(33)13-27(21)34/h6-9,13-14,18-20,23,25-26,28,36,41H,10-12,15-17H2,1-5H3,(H,37,42)(H,35,38,39)/t18-,19+,20-,23-,25-,26+,28-/m0/s1. The number of aromatic nitrogens is 1. The monoisotopic (exact) mass is 614 g/mol. The number of anilines is 1. The molecule has 1 saturated heterocycles. The Morgan fingerprint density at radius 2 is 1.90 bits per heavy atom. The minimum Gasteiger partial charge on any atom is -0.394 e. The largest absolute Gasteiger partial charge is 0.394 e. The highest BCUT2D eigenvalue weighted by atomic mass is 35.5. The number of rotatable bonds is 7. The average molecular weight is 616 g/mol. The van der Waals surface area contributed by atoms with Gasteiger partial charge in [-0.15, -0.1) is 0 Å². The van der Waals surface area contributed by atoms with Crippen LogP contribution in [0.4, 0.5) is 5.82 Å². The van der Waals surface area contributed by atoms with Gasteiger partial charge in [0.2, 0.25) is 0 Å². The van der Waals surface area contributed by atoms with Gasteiger partial charge in [-0.3, -0.25) is 4.79 Å². The van der Waals surface area contributed by atoms with Gasteiger partial charge in [0.25, 0.3) is 5.91 Å². The van der Waals surface area contributed by atoms with E-state index >= 15 is 0 Å². The number of guanidine groups is 1. The third-order valence-corrected chi connectivity index (χ3v) is 10.3. The van der Waals surface area contributed by atoms with Crippen molar-refractivity contribution in [2.45, 2.75) is 78.0 Å². The molecule has 0 unspecified atom stereocenters. The lowest BCUT2D eigenvalue weighted by molar-refractivity contribution is -0.108. The van der Waals surface area contributed by atoms with Crippen molar-refractivity contribution < 1.29 is 9.90 Å². The van der Waals surface area contributed by atoms with Crippen LogP contribution in [-0.4, -0.2) is 70.7 Å². The van der Waals surface area contributed by atoms with Gasteiger partial charge in [-0.25, -0.2) is 9.98 Å². The van der Waals surface area contributed by atoms with E-state index in [1.165, 1.54) is 6.42 Å². The fourth-order valence-electron chi connectivity index (χ4n) is 7.24. The highest BCUT2D eigenvalue weighted by Gasteiger charge is 2.56. The van der Waals surface area contributed by atoms with Gasteiger partial charge in [0, 0.05) is 41.4 Å². The molecule has 6 rings (SSSR count). The summed E-state index contributed by atoms with van der Waals surface area (Å²) in [5, 5.41) is 21.0. The molecule has 4 fully saturated rings. The van der Waals surface area contributed by atoms with Crippen LogP contribution in [-0.2, 0) is 6.42 Å². The molecule has 2 bridgehead atoms. The molecule has 2 aromatic rings. The summed E-state index contributed by atoms with van der Waals surface area (Å²) in [6, 6.07) is 9.23. The molecule has 228 valence electrons. The summed E-state index contributed by atoms with van der Waals surface area (Å²) in [6.07, 6.45) is 4.38. The zero-order chi connectivity index (χ0) is 30.2. The number of aliphatic imine (C=N–C) groups is 1. The maximum Gasteiger partial charge on any atom is 0.253 e. The second-order valence-corrected chi connectivity index (χ2v) is 14.0. The van der Waals surface area contributed by atoms with Crippen LogP contribution in [0.1, 0.15) is 63.4 Å². The number of pyridine rings is 1. The lowest BCUT2D eigenvalue weighted by atomic mass is 9.45. The first-order valence-corrected chi connectivity index (χ1v) is 15.9. The third-order valence-electron chi connectivity index (χ3n) is 9.76. The number of hydrogen-bond donors (Lipinski definition) is 4. The minimum absolute atomic E-state index is 0.225. The summed E-state index contributed by atoms with van der Waals surface area (Å²) in [4.78, 5) is 25.3. The molecule has 1 aromatic carbocycles. The number of carbonyl (C=O) groups excluding carboxylic acids is 1. The van der Waals surface area contributed by atoms with E-state index < -0.39 is 6.04 Å². The first kappa shape index (κ1) is 31.0. The van der Waals surface area contributed by atoms with Crippen molar-refractivity contribution in [2.24, 2.45) is 28.2 Å². The van der Waals surface area contributed by atoms with Crippen LogP contribution >= 0.6 is 23.2 Å². The summed E-state index contributed by atoms with van der Waals surface area (Å²) < 4.78 is 0. The summed E-state index contributed by atoms with van der Waals surface area (Å²) in [6.45, 7) is 13.1. The Labute approximate surface area is 259 Å². The van der Waals surface area contributed by atoms with Crippen molar-refractivity contribution in [3.63, 3.8) is 0 Å². The Hall–Kier alpha value is -2.39. The van der Waals surface area contributed by atoms with Gasteiger partial charge in [-0.05, 0) is 86.1 Å². The quantitative estimate of drug-likeness (QED) is 0.251. The molecule has 3 aliphatic carbocycles. The van der Waals surface area contributed by atoms with Crippen LogP contribution in [0, 0.1) is 23.2 Å². The fourth-order valence-corrected chi connectivity index (χ4v) is 7.73. The molecule has 7 atom stereocenters.